The summed E-state index contributed by atoms with van der Waals surface area (Å²) in [6, 6.07) is 7.88. The standard InChI is InChI=1S/C16H20N4O2S/c1-2-11-5-7-12(8-6-11)17-14(21)10-23-16-18-15(19-20-16)13-4-3-9-22-13/h5-8,13H,2-4,9-10H2,1H3,(H,17,21)(H,18,19,20). The highest BCUT2D eigenvalue weighted by molar-refractivity contribution is 7.99. The van der Waals surface area contributed by atoms with Gasteiger partial charge in [-0.2, -0.15) is 0 Å². The van der Waals surface area contributed by atoms with Gasteiger partial charge in [-0.15, -0.1) is 5.10 Å². The van der Waals surface area contributed by atoms with Crippen LogP contribution < -0.4 is 5.32 Å². The quantitative estimate of drug-likeness (QED) is 0.795. The van der Waals surface area contributed by atoms with E-state index in [9.17, 15) is 4.79 Å². The van der Waals surface area contributed by atoms with Crippen molar-refractivity contribution in [3.63, 3.8) is 0 Å². The van der Waals surface area contributed by atoms with Crippen molar-refractivity contribution in [3.05, 3.63) is 35.7 Å². The number of H-pyrrole nitrogens is 1. The Morgan fingerprint density at radius 1 is 1.43 bits per heavy atom. The largest absolute Gasteiger partial charge is 0.370 e. The van der Waals surface area contributed by atoms with Crippen LogP contribution in [0.5, 0.6) is 0 Å². The van der Waals surface area contributed by atoms with Crippen molar-refractivity contribution in [3.8, 4) is 0 Å². The summed E-state index contributed by atoms with van der Waals surface area (Å²) in [5.74, 6) is 0.960. The van der Waals surface area contributed by atoms with Crippen LogP contribution in [0, 0.1) is 0 Å². The molecule has 1 saturated heterocycles. The zero-order chi connectivity index (χ0) is 16.1. The third-order valence-corrected chi connectivity index (χ3v) is 4.54. The number of carbonyl (C=O) groups is 1. The van der Waals surface area contributed by atoms with E-state index < -0.39 is 0 Å². The number of nitrogens with zero attached hydrogens (tertiary/aromatic N) is 2. The molecular formula is C16H20N4O2S. The smallest absolute Gasteiger partial charge is 0.234 e. The van der Waals surface area contributed by atoms with Crippen LogP contribution in [-0.4, -0.2) is 33.4 Å². The predicted octanol–water partition coefficient (Wildman–Crippen LogP) is 2.95. The highest BCUT2D eigenvalue weighted by atomic mass is 32.2. The zero-order valence-corrected chi connectivity index (χ0v) is 13.9. The molecule has 3 rings (SSSR count). The second kappa shape index (κ2) is 7.61. The van der Waals surface area contributed by atoms with Gasteiger partial charge in [-0.25, -0.2) is 4.98 Å². The first kappa shape index (κ1) is 16.0. The first-order chi connectivity index (χ1) is 11.2. The Balaban J connectivity index is 1.48. The number of carbonyl (C=O) groups excluding carboxylic acids is 1. The van der Waals surface area contributed by atoms with E-state index in [1.807, 2.05) is 24.3 Å². The van der Waals surface area contributed by atoms with E-state index in [1.54, 1.807) is 0 Å². The highest BCUT2D eigenvalue weighted by Crippen LogP contribution is 2.26. The molecule has 0 spiro atoms. The van der Waals surface area contributed by atoms with Crippen molar-refractivity contribution in [2.75, 3.05) is 17.7 Å². The van der Waals surface area contributed by atoms with Crippen LogP contribution in [0.15, 0.2) is 29.4 Å². The number of aromatic nitrogens is 3. The van der Waals surface area contributed by atoms with Gasteiger partial charge in [0.05, 0.1) is 5.75 Å². The van der Waals surface area contributed by atoms with Crippen LogP contribution in [0.3, 0.4) is 0 Å². The number of rotatable bonds is 6. The molecule has 1 aliphatic rings. The predicted molar refractivity (Wildman–Crippen MR) is 89.5 cm³/mol. The number of nitrogens with one attached hydrogen (secondary N) is 2. The van der Waals surface area contributed by atoms with Gasteiger partial charge in [0, 0.05) is 12.3 Å². The minimum Gasteiger partial charge on any atom is -0.370 e. The molecule has 7 heteroatoms. The number of hydrogen-bond acceptors (Lipinski definition) is 5. The number of ether oxygens (including phenoxy) is 1. The normalized spacial score (nSPS) is 17.3. The Hall–Kier alpha value is -1.86. The Morgan fingerprint density at radius 3 is 2.96 bits per heavy atom. The maximum Gasteiger partial charge on any atom is 0.234 e. The third kappa shape index (κ3) is 4.33. The number of hydrogen-bond donors (Lipinski definition) is 2. The summed E-state index contributed by atoms with van der Waals surface area (Å²) < 4.78 is 5.55. The molecule has 1 fully saturated rings. The van der Waals surface area contributed by atoms with E-state index in [-0.39, 0.29) is 17.8 Å². The lowest BCUT2D eigenvalue weighted by molar-refractivity contribution is -0.113. The lowest BCUT2D eigenvalue weighted by Gasteiger charge is -2.05. The first-order valence-corrected chi connectivity index (χ1v) is 8.78. The van der Waals surface area contributed by atoms with Gasteiger partial charge in [-0.3, -0.25) is 9.89 Å². The van der Waals surface area contributed by atoms with Gasteiger partial charge in [0.1, 0.15) is 6.10 Å². The van der Waals surface area contributed by atoms with Crippen LogP contribution in [-0.2, 0) is 16.0 Å². The van der Waals surface area contributed by atoms with Crippen LogP contribution >= 0.6 is 11.8 Å². The maximum absolute atomic E-state index is 12.0. The molecule has 1 amide bonds. The molecule has 2 N–H and O–H groups in total. The molecule has 1 atom stereocenters. The molecule has 0 bridgehead atoms. The summed E-state index contributed by atoms with van der Waals surface area (Å²) in [7, 11) is 0. The summed E-state index contributed by atoms with van der Waals surface area (Å²) in [5.41, 5.74) is 2.06. The summed E-state index contributed by atoms with van der Waals surface area (Å²) in [4.78, 5) is 16.4. The molecule has 0 aliphatic carbocycles. The van der Waals surface area contributed by atoms with Gasteiger partial charge in [0.25, 0.3) is 0 Å². The molecule has 2 aromatic rings. The molecule has 0 radical (unpaired) electrons. The number of aromatic amines is 1. The van der Waals surface area contributed by atoms with Crippen molar-refractivity contribution < 1.29 is 9.53 Å². The highest BCUT2D eigenvalue weighted by Gasteiger charge is 2.21. The fourth-order valence-corrected chi connectivity index (χ4v) is 3.02. The van der Waals surface area contributed by atoms with Gasteiger partial charge in [0.15, 0.2) is 5.82 Å². The first-order valence-electron chi connectivity index (χ1n) is 7.80. The van der Waals surface area contributed by atoms with Gasteiger partial charge < -0.3 is 10.1 Å². The lowest BCUT2D eigenvalue weighted by Crippen LogP contribution is -2.14. The molecule has 2 heterocycles. The summed E-state index contributed by atoms with van der Waals surface area (Å²) >= 11 is 1.31. The van der Waals surface area contributed by atoms with Crippen LogP contribution in [0.25, 0.3) is 0 Å². The average molecular weight is 332 g/mol. The van der Waals surface area contributed by atoms with Crippen molar-refractivity contribution in [1.29, 1.82) is 0 Å². The summed E-state index contributed by atoms with van der Waals surface area (Å²) in [5, 5.41) is 10.5. The number of anilines is 1. The molecular weight excluding hydrogens is 312 g/mol. The van der Waals surface area contributed by atoms with Crippen LogP contribution in [0.4, 0.5) is 5.69 Å². The Bertz CT molecular complexity index is 650. The fourth-order valence-electron chi connectivity index (χ4n) is 2.41. The maximum atomic E-state index is 12.0. The molecule has 1 aromatic heterocycles. The van der Waals surface area contributed by atoms with Crippen molar-refractivity contribution in [1.82, 2.24) is 15.2 Å². The second-order valence-corrected chi connectivity index (χ2v) is 6.33. The van der Waals surface area contributed by atoms with Gasteiger partial charge in [-0.1, -0.05) is 30.8 Å². The topological polar surface area (TPSA) is 79.9 Å². The van der Waals surface area contributed by atoms with Gasteiger partial charge in [-0.05, 0) is 37.0 Å². The van der Waals surface area contributed by atoms with E-state index in [0.29, 0.717) is 5.16 Å². The van der Waals surface area contributed by atoms with Crippen LogP contribution in [0.2, 0.25) is 0 Å². The number of amides is 1. The molecule has 23 heavy (non-hydrogen) atoms. The van der Waals surface area contributed by atoms with Crippen molar-refractivity contribution in [2.24, 2.45) is 0 Å². The second-order valence-electron chi connectivity index (χ2n) is 5.39. The monoisotopic (exact) mass is 332 g/mol. The Morgan fingerprint density at radius 2 is 2.26 bits per heavy atom. The molecule has 6 nitrogen and oxygen atoms in total. The molecule has 122 valence electrons. The molecule has 0 saturated carbocycles. The van der Waals surface area contributed by atoms with Gasteiger partial charge in [0.2, 0.25) is 11.1 Å². The Labute approximate surface area is 139 Å². The minimum atomic E-state index is -0.0669. The van der Waals surface area contributed by atoms with E-state index >= 15 is 0 Å². The molecule has 1 aromatic carbocycles. The van der Waals surface area contributed by atoms with Crippen LogP contribution in [0.1, 0.15) is 37.3 Å². The van der Waals surface area contributed by atoms with E-state index in [1.165, 1.54) is 17.3 Å². The summed E-state index contributed by atoms with van der Waals surface area (Å²) in [6.07, 6.45) is 3.02. The van der Waals surface area contributed by atoms with Gasteiger partial charge >= 0.3 is 0 Å². The summed E-state index contributed by atoms with van der Waals surface area (Å²) in [6.45, 7) is 2.87. The molecule has 1 aliphatic heterocycles. The minimum absolute atomic E-state index is 0.0164. The average Bonchev–Trinajstić information content (AvgIpc) is 3.25. The SMILES string of the molecule is CCc1ccc(NC(=O)CSc2n[nH]c(C3CCCO3)n2)cc1. The Kier molecular flexibility index (Phi) is 5.30. The molecule has 1 unspecified atom stereocenters. The third-order valence-electron chi connectivity index (χ3n) is 3.70. The van der Waals surface area contributed by atoms with Crippen molar-refractivity contribution in [2.45, 2.75) is 37.4 Å². The lowest BCUT2D eigenvalue weighted by atomic mass is 10.1. The van der Waals surface area contributed by atoms with E-state index in [0.717, 1.165) is 37.4 Å². The zero-order valence-electron chi connectivity index (χ0n) is 13.0. The number of thioether (sulfide) groups is 1. The number of aryl methyl sites for hydroxylation is 1. The van der Waals surface area contributed by atoms with E-state index in [4.69, 9.17) is 4.74 Å². The van der Waals surface area contributed by atoms with E-state index in [2.05, 4.69) is 27.4 Å². The van der Waals surface area contributed by atoms with Crippen molar-refractivity contribution >= 4 is 23.4 Å². The fraction of sp³-hybridized carbons (Fsp3) is 0.438. The number of benzene rings is 1.